The van der Waals surface area contributed by atoms with Gasteiger partial charge in [0.2, 0.25) is 0 Å². The molecular weight excluding hydrogens is 238 g/mol. The molecular formula is C15H23N3O. The summed E-state index contributed by atoms with van der Waals surface area (Å²) in [4.78, 5) is 16.3. The molecule has 1 aromatic heterocycles. The lowest BCUT2D eigenvalue weighted by molar-refractivity contribution is 0.0898. The minimum absolute atomic E-state index is 0.0843. The van der Waals surface area contributed by atoms with Gasteiger partial charge >= 0.3 is 0 Å². The van der Waals surface area contributed by atoms with E-state index in [9.17, 15) is 4.79 Å². The Morgan fingerprint density at radius 3 is 2.68 bits per heavy atom. The van der Waals surface area contributed by atoms with E-state index in [0.717, 1.165) is 18.7 Å². The Balaban J connectivity index is 1.95. The van der Waals surface area contributed by atoms with Crippen molar-refractivity contribution in [1.29, 1.82) is 0 Å². The maximum atomic E-state index is 12.1. The summed E-state index contributed by atoms with van der Waals surface area (Å²) in [5.41, 5.74) is 1.31. The van der Waals surface area contributed by atoms with Crippen molar-refractivity contribution in [1.82, 2.24) is 10.3 Å². The Morgan fingerprint density at radius 2 is 2.16 bits per heavy atom. The van der Waals surface area contributed by atoms with Crippen LogP contribution in [0.4, 0.5) is 5.69 Å². The van der Waals surface area contributed by atoms with Crippen molar-refractivity contribution in [3.05, 3.63) is 24.0 Å². The van der Waals surface area contributed by atoms with Gasteiger partial charge in [-0.2, -0.15) is 0 Å². The summed E-state index contributed by atoms with van der Waals surface area (Å²) in [5.74, 6) is 0.529. The number of hydrogen-bond donors (Lipinski definition) is 2. The Bertz CT molecular complexity index is 435. The normalized spacial score (nSPS) is 15.1. The van der Waals surface area contributed by atoms with Crippen LogP contribution in [0.3, 0.4) is 0 Å². The van der Waals surface area contributed by atoms with Gasteiger partial charge in [0.05, 0.1) is 11.9 Å². The molecule has 0 aromatic carbocycles. The predicted octanol–water partition coefficient (Wildman–Crippen LogP) is 2.82. The Hall–Kier alpha value is -1.58. The Morgan fingerprint density at radius 1 is 1.42 bits per heavy atom. The minimum Gasteiger partial charge on any atom is -0.384 e. The first-order valence-corrected chi connectivity index (χ1v) is 7.05. The average molecular weight is 261 g/mol. The van der Waals surface area contributed by atoms with Crippen molar-refractivity contribution in [2.75, 3.05) is 11.9 Å². The summed E-state index contributed by atoms with van der Waals surface area (Å²) in [6.07, 6.45) is 5.20. The van der Waals surface area contributed by atoms with Crippen LogP contribution in [0.5, 0.6) is 0 Å². The van der Waals surface area contributed by atoms with Gasteiger partial charge in [-0.1, -0.05) is 6.92 Å². The van der Waals surface area contributed by atoms with Crippen molar-refractivity contribution in [3.63, 3.8) is 0 Å². The van der Waals surface area contributed by atoms with Gasteiger partial charge in [0.1, 0.15) is 5.69 Å². The lowest BCUT2D eigenvalue weighted by Crippen LogP contribution is -2.45. The van der Waals surface area contributed by atoms with Gasteiger partial charge < -0.3 is 10.6 Å². The van der Waals surface area contributed by atoms with E-state index in [2.05, 4.69) is 36.4 Å². The maximum absolute atomic E-state index is 12.1. The lowest BCUT2D eigenvalue weighted by Gasteiger charge is -2.25. The van der Waals surface area contributed by atoms with Gasteiger partial charge in [-0.15, -0.1) is 0 Å². The molecule has 104 valence electrons. The fourth-order valence-electron chi connectivity index (χ4n) is 2.17. The molecule has 1 fully saturated rings. The van der Waals surface area contributed by atoms with Gasteiger partial charge in [-0.25, -0.2) is 4.98 Å². The summed E-state index contributed by atoms with van der Waals surface area (Å²) in [6.45, 7) is 7.20. The summed E-state index contributed by atoms with van der Waals surface area (Å²) in [5, 5.41) is 6.32. The zero-order valence-electron chi connectivity index (χ0n) is 12.0. The topological polar surface area (TPSA) is 54.0 Å². The number of hydrogen-bond acceptors (Lipinski definition) is 3. The molecule has 0 atom stereocenters. The highest BCUT2D eigenvalue weighted by molar-refractivity contribution is 5.93. The molecule has 4 nitrogen and oxygen atoms in total. The quantitative estimate of drug-likeness (QED) is 0.828. The fourth-order valence-corrected chi connectivity index (χ4v) is 2.17. The molecule has 1 aliphatic carbocycles. The van der Waals surface area contributed by atoms with Crippen molar-refractivity contribution >= 4 is 11.6 Å². The molecule has 0 aliphatic heterocycles. The van der Waals surface area contributed by atoms with E-state index in [1.165, 1.54) is 12.8 Å². The number of nitrogens with zero attached hydrogens (tertiary/aromatic N) is 1. The molecule has 1 aromatic rings. The molecule has 1 amide bonds. The number of nitrogens with one attached hydrogen (secondary N) is 2. The second kappa shape index (κ2) is 5.59. The SMILES string of the molecule is CCCNc1ccc(C(=O)NC(C)(C)C2CC2)nc1. The standard InChI is InChI=1S/C15H23N3O/c1-4-9-16-12-7-8-13(17-10-12)14(19)18-15(2,3)11-5-6-11/h7-8,10-11,16H,4-6,9H2,1-3H3,(H,18,19). The first-order chi connectivity index (χ1) is 9.03. The first kappa shape index (κ1) is 13.8. The highest BCUT2D eigenvalue weighted by Gasteiger charge is 2.38. The molecule has 2 rings (SSSR count). The molecule has 4 heteroatoms. The third kappa shape index (κ3) is 3.69. The van der Waals surface area contributed by atoms with Crippen LogP contribution < -0.4 is 10.6 Å². The van der Waals surface area contributed by atoms with Crippen molar-refractivity contribution < 1.29 is 4.79 Å². The number of amides is 1. The van der Waals surface area contributed by atoms with Crippen LogP contribution in [0.2, 0.25) is 0 Å². The molecule has 0 unspecified atom stereocenters. The second-order valence-electron chi connectivity index (χ2n) is 5.81. The fraction of sp³-hybridized carbons (Fsp3) is 0.600. The molecule has 1 heterocycles. The van der Waals surface area contributed by atoms with Gasteiger partial charge in [0.15, 0.2) is 0 Å². The third-order valence-corrected chi connectivity index (χ3v) is 3.61. The predicted molar refractivity (Wildman–Crippen MR) is 77.3 cm³/mol. The molecule has 0 radical (unpaired) electrons. The smallest absolute Gasteiger partial charge is 0.270 e. The van der Waals surface area contributed by atoms with Crippen LogP contribution in [0.25, 0.3) is 0 Å². The molecule has 1 saturated carbocycles. The summed E-state index contributed by atoms with van der Waals surface area (Å²) < 4.78 is 0. The van der Waals surface area contributed by atoms with E-state index in [1.54, 1.807) is 12.3 Å². The van der Waals surface area contributed by atoms with Gasteiger partial charge in [0.25, 0.3) is 5.91 Å². The molecule has 0 spiro atoms. The van der Waals surface area contributed by atoms with E-state index in [-0.39, 0.29) is 11.4 Å². The molecule has 1 aliphatic rings. The Labute approximate surface area is 115 Å². The summed E-state index contributed by atoms with van der Waals surface area (Å²) in [6, 6.07) is 3.68. The zero-order chi connectivity index (χ0) is 13.9. The highest BCUT2D eigenvalue weighted by Crippen LogP contribution is 2.39. The largest absolute Gasteiger partial charge is 0.384 e. The average Bonchev–Trinajstić information content (AvgIpc) is 3.21. The van der Waals surface area contributed by atoms with Crippen LogP contribution in [-0.4, -0.2) is 23.0 Å². The highest BCUT2D eigenvalue weighted by atomic mass is 16.2. The van der Waals surface area contributed by atoms with Gasteiger partial charge in [0, 0.05) is 12.1 Å². The number of carbonyl (C=O) groups excluding carboxylic acids is 1. The van der Waals surface area contributed by atoms with E-state index in [4.69, 9.17) is 0 Å². The van der Waals surface area contributed by atoms with Crippen LogP contribution in [-0.2, 0) is 0 Å². The van der Waals surface area contributed by atoms with Gasteiger partial charge in [-0.3, -0.25) is 4.79 Å². The third-order valence-electron chi connectivity index (χ3n) is 3.61. The number of carbonyl (C=O) groups is 1. The number of pyridine rings is 1. The molecule has 19 heavy (non-hydrogen) atoms. The molecule has 0 saturated heterocycles. The van der Waals surface area contributed by atoms with Crippen molar-refractivity contribution in [2.24, 2.45) is 5.92 Å². The van der Waals surface area contributed by atoms with E-state index < -0.39 is 0 Å². The summed E-state index contributed by atoms with van der Waals surface area (Å²) in [7, 11) is 0. The first-order valence-electron chi connectivity index (χ1n) is 7.05. The minimum atomic E-state index is -0.127. The van der Waals surface area contributed by atoms with Gasteiger partial charge in [-0.05, 0) is 51.2 Å². The van der Waals surface area contributed by atoms with Crippen molar-refractivity contribution in [2.45, 2.75) is 45.6 Å². The van der Waals surface area contributed by atoms with Crippen LogP contribution >= 0.6 is 0 Å². The van der Waals surface area contributed by atoms with E-state index in [1.807, 2.05) is 6.07 Å². The lowest BCUT2D eigenvalue weighted by atomic mass is 9.98. The second-order valence-corrected chi connectivity index (χ2v) is 5.81. The number of rotatable bonds is 6. The maximum Gasteiger partial charge on any atom is 0.270 e. The van der Waals surface area contributed by atoms with Crippen LogP contribution in [0, 0.1) is 5.92 Å². The van der Waals surface area contributed by atoms with Crippen LogP contribution in [0.15, 0.2) is 18.3 Å². The van der Waals surface area contributed by atoms with E-state index >= 15 is 0 Å². The monoisotopic (exact) mass is 261 g/mol. The number of anilines is 1. The number of aromatic nitrogens is 1. The van der Waals surface area contributed by atoms with Crippen molar-refractivity contribution in [3.8, 4) is 0 Å². The summed E-state index contributed by atoms with van der Waals surface area (Å²) >= 11 is 0. The van der Waals surface area contributed by atoms with E-state index in [0.29, 0.717) is 11.6 Å². The Kier molecular flexibility index (Phi) is 4.08. The zero-order valence-corrected chi connectivity index (χ0v) is 12.0. The molecule has 0 bridgehead atoms. The van der Waals surface area contributed by atoms with Crippen LogP contribution in [0.1, 0.15) is 50.5 Å². The molecule has 2 N–H and O–H groups in total.